The molecule has 0 spiro atoms. The summed E-state index contributed by atoms with van der Waals surface area (Å²) in [6.45, 7) is -0.0203. The number of carboxylic acids is 1. The zero-order valence-electron chi connectivity index (χ0n) is 19.2. The lowest BCUT2D eigenvalue weighted by Gasteiger charge is -2.35. The van der Waals surface area contributed by atoms with Crippen molar-refractivity contribution in [1.29, 1.82) is 0 Å². The summed E-state index contributed by atoms with van der Waals surface area (Å²) in [7, 11) is -1.29. The van der Waals surface area contributed by atoms with Gasteiger partial charge in [0.05, 0.1) is 19.1 Å². The van der Waals surface area contributed by atoms with Gasteiger partial charge in [-0.05, 0) is 48.1 Å². The highest BCUT2D eigenvalue weighted by Crippen LogP contribution is 2.34. The van der Waals surface area contributed by atoms with Crippen LogP contribution in [-0.4, -0.2) is 68.0 Å². The van der Waals surface area contributed by atoms with Crippen LogP contribution in [0.5, 0.6) is 11.5 Å². The van der Waals surface area contributed by atoms with Gasteiger partial charge in [-0.15, -0.1) is 0 Å². The Morgan fingerprint density at radius 1 is 1.15 bits per heavy atom. The number of methoxy groups -OCH3 is 2. The molecule has 0 radical (unpaired) electrons. The molecule has 184 valence electrons. The lowest BCUT2D eigenvalue weighted by molar-refractivity contribution is -0.142. The van der Waals surface area contributed by atoms with Gasteiger partial charge in [-0.3, -0.25) is 4.79 Å². The van der Waals surface area contributed by atoms with E-state index in [-0.39, 0.29) is 30.0 Å². The number of nitrogens with one attached hydrogen (secondary N) is 1. The highest BCUT2D eigenvalue weighted by atomic mass is 32.2. The Kier molecular flexibility index (Phi) is 8.45. The Balaban J connectivity index is 2.00. The number of hydrogen-bond donors (Lipinski definition) is 2. The number of aliphatic carboxylic acids is 1. The Morgan fingerprint density at radius 3 is 2.44 bits per heavy atom. The van der Waals surface area contributed by atoms with Crippen molar-refractivity contribution in [2.24, 2.45) is 0 Å². The molecule has 34 heavy (non-hydrogen) atoms. The molecule has 0 bridgehead atoms. The van der Waals surface area contributed by atoms with E-state index in [1.807, 2.05) is 30.5 Å². The minimum absolute atomic E-state index is 0.0203. The third-order valence-electron chi connectivity index (χ3n) is 5.69. The summed E-state index contributed by atoms with van der Waals surface area (Å²) in [5, 5.41) is 12.1. The Hall–Kier alpha value is -2.76. The third-order valence-corrected chi connectivity index (χ3v) is 8.19. The van der Waals surface area contributed by atoms with Crippen LogP contribution in [0.15, 0.2) is 47.4 Å². The number of carboxylic acid groups (broad SMARTS) is 1. The summed E-state index contributed by atoms with van der Waals surface area (Å²) in [6, 6.07) is 9.31. The van der Waals surface area contributed by atoms with E-state index in [2.05, 4.69) is 5.32 Å². The molecule has 1 unspecified atom stereocenters. The molecular formula is C23H28N2O7S2. The normalized spacial score (nSPS) is 16.9. The van der Waals surface area contributed by atoms with Crippen molar-refractivity contribution >= 4 is 33.7 Å². The summed E-state index contributed by atoms with van der Waals surface area (Å²) in [5.41, 5.74) is 1.63. The molecule has 0 aliphatic carbocycles. The van der Waals surface area contributed by atoms with Gasteiger partial charge in [-0.2, -0.15) is 16.1 Å². The number of amides is 1. The van der Waals surface area contributed by atoms with Crippen LogP contribution in [0.2, 0.25) is 0 Å². The number of carbonyl (C=O) groups is 2. The molecule has 0 aromatic heterocycles. The first-order valence-corrected chi connectivity index (χ1v) is 13.4. The lowest BCUT2D eigenvalue weighted by Crippen LogP contribution is -2.55. The van der Waals surface area contributed by atoms with Gasteiger partial charge >= 0.3 is 5.97 Å². The maximum atomic E-state index is 13.7. The van der Waals surface area contributed by atoms with E-state index in [0.717, 1.165) is 15.4 Å². The van der Waals surface area contributed by atoms with Crippen LogP contribution in [0.4, 0.5) is 0 Å². The minimum atomic E-state index is -4.14. The number of thioether (sulfide) groups is 1. The summed E-state index contributed by atoms with van der Waals surface area (Å²) in [5.74, 6) is -0.652. The second-order valence-corrected chi connectivity index (χ2v) is 10.6. The monoisotopic (exact) mass is 508 g/mol. The molecule has 1 aliphatic heterocycles. The van der Waals surface area contributed by atoms with Gasteiger partial charge in [0.15, 0.2) is 11.5 Å². The van der Waals surface area contributed by atoms with Crippen molar-refractivity contribution in [3.05, 3.63) is 53.6 Å². The maximum Gasteiger partial charge on any atom is 0.326 e. The van der Waals surface area contributed by atoms with Crippen LogP contribution in [0.3, 0.4) is 0 Å². The second kappa shape index (κ2) is 11.1. The molecule has 1 amide bonds. The van der Waals surface area contributed by atoms with Gasteiger partial charge in [0.1, 0.15) is 12.1 Å². The number of nitrogens with zero attached hydrogens (tertiary/aromatic N) is 1. The highest BCUT2D eigenvalue weighted by molar-refractivity contribution is 7.98. The number of sulfonamides is 1. The molecule has 0 saturated heterocycles. The van der Waals surface area contributed by atoms with Crippen LogP contribution in [0.1, 0.15) is 17.5 Å². The summed E-state index contributed by atoms with van der Waals surface area (Å²) in [6.07, 6.45) is 2.20. The fraction of sp³-hybridized carbons (Fsp3) is 0.391. The number of carbonyl (C=O) groups excluding carboxylic acids is 1. The lowest BCUT2D eigenvalue weighted by atomic mass is 9.95. The average Bonchev–Trinajstić information content (AvgIpc) is 2.84. The van der Waals surface area contributed by atoms with Crippen molar-refractivity contribution in [3.8, 4) is 11.5 Å². The molecule has 2 aromatic rings. The first-order chi connectivity index (χ1) is 16.2. The van der Waals surface area contributed by atoms with E-state index in [1.165, 1.54) is 44.2 Å². The smallest absolute Gasteiger partial charge is 0.326 e. The number of benzene rings is 2. The first kappa shape index (κ1) is 25.9. The fourth-order valence-corrected chi connectivity index (χ4v) is 5.90. The Bertz CT molecular complexity index is 1150. The number of ether oxygens (including phenoxy) is 2. The molecule has 3 rings (SSSR count). The van der Waals surface area contributed by atoms with Gasteiger partial charge in [-0.1, -0.05) is 24.3 Å². The van der Waals surface area contributed by atoms with E-state index in [0.29, 0.717) is 11.5 Å². The van der Waals surface area contributed by atoms with Crippen LogP contribution in [-0.2, 0) is 32.6 Å². The van der Waals surface area contributed by atoms with Crippen molar-refractivity contribution in [1.82, 2.24) is 9.62 Å². The van der Waals surface area contributed by atoms with E-state index in [9.17, 15) is 23.1 Å². The van der Waals surface area contributed by atoms with Crippen molar-refractivity contribution < 1.29 is 32.6 Å². The Morgan fingerprint density at radius 2 is 1.82 bits per heavy atom. The van der Waals surface area contributed by atoms with Crippen molar-refractivity contribution in [3.63, 3.8) is 0 Å². The topological polar surface area (TPSA) is 122 Å². The zero-order chi connectivity index (χ0) is 24.9. The predicted molar refractivity (Wildman–Crippen MR) is 129 cm³/mol. The third kappa shape index (κ3) is 5.48. The number of fused-ring (bicyclic) bond motifs is 1. The molecule has 1 aliphatic rings. The van der Waals surface area contributed by atoms with Gasteiger partial charge in [0.2, 0.25) is 15.9 Å². The van der Waals surface area contributed by atoms with Crippen molar-refractivity contribution in [2.75, 3.05) is 26.2 Å². The summed E-state index contributed by atoms with van der Waals surface area (Å²) < 4.78 is 39.0. The van der Waals surface area contributed by atoms with Crippen LogP contribution >= 0.6 is 11.8 Å². The quantitative estimate of drug-likeness (QED) is 0.501. The largest absolute Gasteiger partial charge is 0.493 e. The van der Waals surface area contributed by atoms with E-state index in [1.54, 1.807) is 0 Å². The second-order valence-electron chi connectivity index (χ2n) is 7.74. The standard InChI is InChI=1S/C23H28N2O7S2/c1-31-20-9-8-17(13-21(20)32-2)34(29,30)25-14-16-7-5-4-6-15(16)12-19(25)22(26)24-18(23(27)28)10-11-33-3/h4-9,13,18-19H,10-12,14H2,1-3H3,(H,24,26)(H,27,28)/t18?,19-/m0/s1. The molecular weight excluding hydrogens is 480 g/mol. The number of rotatable bonds is 10. The van der Waals surface area contributed by atoms with Gasteiger partial charge < -0.3 is 19.9 Å². The fourth-order valence-electron chi connectivity index (χ4n) is 3.85. The maximum absolute atomic E-state index is 13.7. The average molecular weight is 509 g/mol. The van der Waals surface area contributed by atoms with E-state index < -0.39 is 34.0 Å². The molecule has 0 fully saturated rings. The minimum Gasteiger partial charge on any atom is -0.493 e. The summed E-state index contributed by atoms with van der Waals surface area (Å²) in [4.78, 5) is 24.9. The molecule has 9 nitrogen and oxygen atoms in total. The molecule has 11 heteroatoms. The SMILES string of the molecule is COc1ccc(S(=O)(=O)N2Cc3ccccc3C[C@H]2C(=O)NC(CCSC)C(=O)O)cc1OC. The molecule has 1 heterocycles. The highest BCUT2D eigenvalue weighted by Gasteiger charge is 2.40. The van der Waals surface area contributed by atoms with Crippen molar-refractivity contribution in [2.45, 2.75) is 36.4 Å². The predicted octanol–water partition coefficient (Wildman–Crippen LogP) is 2.14. The van der Waals surface area contributed by atoms with E-state index in [4.69, 9.17) is 9.47 Å². The molecule has 2 aromatic carbocycles. The van der Waals surface area contributed by atoms with Gasteiger partial charge in [0, 0.05) is 12.6 Å². The first-order valence-electron chi connectivity index (χ1n) is 10.6. The van der Waals surface area contributed by atoms with E-state index >= 15 is 0 Å². The molecule has 0 saturated carbocycles. The van der Waals surface area contributed by atoms with Gasteiger partial charge in [-0.25, -0.2) is 13.2 Å². The molecule has 2 N–H and O–H groups in total. The van der Waals surface area contributed by atoms with Crippen LogP contribution in [0.25, 0.3) is 0 Å². The molecule has 2 atom stereocenters. The zero-order valence-corrected chi connectivity index (χ0v) is 20.8. The van der Waals surface area contributed by atoms with Crippen LogP contribution < -0.4 is 14.8 Å². The Labute approximate surface area is 203 Å². The summed E-state index contributed by atoms with van der Waals surface area (Å²) >= 11 is 1.47. The number of hydrogen-bond acceptors (Lipinski definition) is 7. The van der Waals surface area contributed by atoms with Gasteiger partial charge in [0.25, 0.3) is 0 Å². The van der Waals surface area contributed by atoms with Crippen LogP contribution in [0, 0.1) is 0 Å².